The summed E-state index contributed by atoms with van der Waals surface area (Å²) in [6, 6.07) is 26.8. The van der Waals surface area contributed by atoms with Crippen molar-refractivity contribution in [1.29, 1.82) is 0 Å². The van der Waals surface area contributed by atoms with Crippen molar-refractivity contribution in [2.45, 2.75) is 32.1 Å². The largest absolute Gasteiger partial charge is 0.493 e. The molecule has 1 N–H and O–H groups in total. The number of hydrogen-bond acceptors (Lipinski definition) is 10. The van der Waals surface area contributed by atoms with Crippen LogP contribution in [0.25, 0.3) is 0 Å². The molecule has 0 fully saturated rings. The maximum absolute atomic E-state index is 13.8. The molecule has 8 rings (SSSR count). The lowest BCUT2D eigenvalue weighted by atomic mass is 10.1. The number of non-ortho nitro benzene ring substituents is 1. The molecule has 55 heavy (non-hydrogen) atoms. The van der Waals surface area contributed by atoms with E-state index in [2.05, 4.69) is 17.0 Å². The first-order chi connectivity index (χ1) is 26.8. The van der Waals surface area contributed by atoms with Gasteiger partial charge in [0, 0.05) is 48.7 Å². The smallest absolute Gasteiger partial charge is 0.270 e. The van der Waals surface area contributed by atoms with E-state index in [0.29, 0.717) is 64.0 Å². The van der Waals surface area contributed by atoms with Crippen molar-refractivity contribution in [2.75, 3.05) is 42.4 Å². The monoisotopic (exact) mass is 739 g/mol. The van der Waals surface area contributed by atoms with Crippen molar-refractivity contribution in [3.63, 3.8) is 0 Å². The molecule has 3 heterocycles. The minimum absolute atomic E-state index is 0.0358. The van der Waals surface area contributed by atoms with Crippen molar-refractivity contribution in [3.05, 3.63) is 134 Å². The number of nitro groups is 1. The van der Waals surface area contributed by atoms with Gasteiger partial charge in [-0.05, 0) is 72.1 Å². The zero-order valence-electron chi connectivity index (χ0n) is 30.2. The molecular formula is C42H37N5O8. The molecule has 0 saturated carbocycles. The Morgan fingerprint density at radius 1 is 0.873 bits per heavy atom. The highest BCUT2D eigenvalue weighted by molar-refractivity contribution is 6.12. The molecule has 0 bridgehead atoms. The molecule has 3 aliphatic heterocycles. The van der Waals surface area contributed by atoms with Gasteiger partial charge in [-0.15, -0.1) is 0 Å². The first kappa shape index (κ1) is 35.2. The molecule has 278 valence electrons. The number of rotatable bonds is 11. The zero-order chi connectivity index (χ0) is 38.2. The molecule has 0 spiro atoms. The van der Waals surface area contributed by atoms with Gasteiger partial charge in [0.2, 0.25) is 0 Å². The van der Waals surface area contributed by atoms with Crippen LogP contribution in [0.1, 0.15) is 43.0 Å². The van der Waals surface area contributed by atoms with E-state index in [0.717, 1.165) is 35.3 Å². The highest BCUT2D eigenvalue weighted by atomic mass is 16.6. The first-order valence-corrected chi connectivity index (χ1v) is 17.7. The molecule has 0 saturated heterocycles. The molecule has 2 amide bonds. The Balaban J connectivity index is 1.01. The number of ether oxygens (including phenoxy) is 4. The van der Waals surface area contributed by atoms with Gasteiger partial charge >= 0.3 is 0 Å². The summed E-state index contributed by atoms with van der Waals surface area (Å²) in [6.45, 7) is 4.66. The molecule has 3 aliphatic rings. The van der Waals surface area contributed by atoms with Crippen LogP contribution in [0.5, 0.6) is 23.0 Å². The summed E-state index contributed by atoms with van der Waals surface area (Å²) >= 11 is 0. The Morgan fingerprint density at radius 2 is 1.53 bits per heavy atom. The zero-order valence-corrected chi connectivity index (χ0v) is 30.2. The number of nitro benzene ring substituents is 1. The van der Waals surface area contributed by atoms with E-state index in [-0.39, 0.29) is 42.5 Å². The third-order valence-electron chi connectivity index (χ3n) is 10.2. The van der Waals surface area contributed by atoms with Crippen LogP contribution in [0.3, 0.4) is 0 Å². The number of amides is 2. The summed E-state index contributed by atoms with van der Waals surface area (Å²) < 4.78 is 23.6. The van der Waals surface area contributed by atoms with Crippen LogP contribution >= 0.6 is 0 Å². The van der Waals surface area contributed by atoms with Gasteiger partial charge < -0.3 is 34.1 Å². The van der Waals surface area contributed by atoms with Gasteiger partial charge in [0.05, 0.1) is 47.7 Å². The molecule has 1 atom stereocenters. The second-order valence-corrected chi connectivity index (χ2v) is 13.4. The van der Waals surface area contributed by atoms with Gasteiger partial charge in [-0.3, -0.25) is 24.7 Å². The normalized spacial score (nSPS) is 15.2. The van der Waals surface area contributed by atoms with Crippen molar-refractivity contribution >= 4 is 47.0 Å². The van der Waals surface area contributed by atoms with E-state index in [9.17, 15) is 19.7 Å². The van der Waals surface area contributed by atoms with E-state index >= 15 is 0 Å². The maximum Gasteiger partial charge on any atom is 0.270 e. The lowest BCUT2D eigenvalue weighted by molar-refractivity contribution is -0.385. The predicted molar refractivity (Wildman–Crippen MR) is 208 cm³/mol. The standard InChI is InChI=1S/C42H37N5O8/c1-43-33-20-39(37(52-2)18-31(33)41(48)45-13-12-27-8-4-6-10-35(27)45)54-23-25-14-26(16-29(15-25)47(50)51)24-55-40-21-34-32(19-38(40)53-3)42(49)46-30(22-44-34)17-28-9-5-7-11-36(28)46/h4-11,14-16,18-21,30,44H,1,12-13,17,22-24H2,2-3H3. The Kier molecular flexibility index (Phi) is 9.27. The number of hydrogen-bond donors (Lipinski definition) is 1. The van der Waals surface area contributed by atoms with Gasteiger partial charge in [0.1, 0.15) is 13.2 Å². The number of fused-ring (bicyclic) bond motifs is 5. The van der Waals surface area contributed by atoms with Crippen LogP contribution < -0.4 is 34.1 Å². The molecule has 0 aliphatic carbocycles. The predicted octanol–water partition coefficient (Wildman–Crippen LogP) is 7.30. The summed E-state index contributed by atoms with van der Waals surface area (Å²) in [4.78, 5) is 46.7. The highest BCUT2D eigenvalue weighted by Crippen LogP contribution is 2.41. The SMILES string of the molecule is C=Nc1cc(OCc2cc(COc3cc4c(cc3OC)C(=O)N3c5ccccc5CC3CN4)cc([N+](=O)[O-])c2)c(OC)cc1C(=O)N1CCc2ccccc21. The Labute approximate surface area is 316 Å². The molecule has 0 aromatic heterocycles. The Hall–Kier alpha value is -6.89. The number of aliphatic imine (C=N–C) groups is 1. The molecule has 13 nitrogen and oxygen atoms in total. The number of anilines is 3. The van der Waals surface area contributed by atoms with E-state index in [1.165, 1.54) is 26.4 Å². The second kappa shape index (κ2) is 14.5. The lowest BCUT2D eigenvalue weighted by Gasteiger charge is -2.22. The molecular weight excluding hydrogens is 702 g/mol. The molecule has 0 radical (unpaired) electrons. The molecule has 1 unspecified atom stereocenters. The van der Waals surface area contributed by atoms with Gasteiger partial charge in [0.25, 0.3) is 17.5 Å². The average Bonchev–Trinajstić information content (AvgIpc) is 3.78. The van der Waals surface area contributed by atoms with Crippen molar-refractivity contribution in [1.82, 2.24) is 0 Å². The number of methoxy groups -OCH3 is 2. The number of nitrogens with one attached hydrogen (secondary N) is 1. The fourth-order valence-corrected chi connectivity index (χ4v) is 7.57. The van der Waals surface area contributed by atoms with Gasteiger partial charge in [-0.1, -0.05) is 36.4 Å². The molecule has 5 aromatic carbocycles. The Bertz CT molecular complexity index is 2380. The second-order valence-electron chi connectivity index (χ2n) is 13.4. The minimum Gasteiger partial charge on any atom is -0.493 e. The third kappa shape index (κ3) is 6.54. The molecule has 5 aromatic rings. The van der Waals surface area contributed by atoms with E-state index in [1.54, 1.807) is 35.2 Å². The fourth-order valence-electron chi connectivity index (χ4n) is 7.57. The van der Waals surface area contributed by atoms with Crippen molar-refractivity contribution < 1.29 is 33.5 Å². The topological polar surface area (TPSA) is 145 Å². The minimum atomic E-state index is -0.479. The van der Waals surface area contributed by atoms with E-state index in [4.69, 9.17) is 18.9 Å². The van der Waals surface area contributed by atoms with Crippen LogP contribution in [0, 0.1) is 10.1 Å². The fraction of sp³-hybridized carbons (Fsp3) is 0.214. The molecule has 13 heteroatoms. The van der Waals surface area contributed by atoms with Crippen LogP contribution in [0.2, 0.25) is 0 Å². The van der Waals surface area contributed by atoms with Crippen LogP contribution in [-0.4, -0.2) is 56.8 Å². The number of carbonyl (C=O) groups excluding carboxylic acids is 2. The quantitative estimate of drug-likeness (QED) is 0.0838. The van der Waals surface area contributed by atoms with Gasteiger partial charge in [-0.2, -0.15) is 0 Å². The Morgan fingerprint density at radius 3 is 2.22 bits per heavy atom. The maximum atomic E-state index is 13.8. The van der Waals surface area contributed by atoms with Gasteiger partial charge in [-0.25, -0.2) is 0 Å². The van der Waals surface area contributed by atoms with Gasteiger partial charge in [0.15, 0.2) is 23.0 Å². The van der Waals surface area contributed by atoms with Crippen molar-refractivity contribution in [2.24, 2.45) is 4.99 Å². The van der Waals surface area contributed by atoms with Crippen LogP contribution in [0.4, 0.5) is 28.4 Å². The lowest BCUT2D eigenvalue weighted by Crippen LogP contribution is -2.39. The summed E-state index contributed by atoms with van der Waals surface area (Å²) in [5, 5.41) is 15.4. The average molecular weight is 740 g/mol. The summed E-state index contributed by atoms with van der Waals surface area (Å²) in [5.41, 5.74) is 6.55. The summed E-state index contributed by atoms with van der Waals surface area (Å²) in [5.74, 6) is 0.935. The summed E-state index contributed by atoms with van der Waals surface area (Å²) in [6.07, 6.45) is 1.50. The first-order valence-electron chi connectivity index (χ1n) is 17.7. The number of para-hydroxylation sites is 2. The van der Waals surface area contributed by atoms with Crippen molar-refractivity contribution in [3.8, 4) is 23.0 Å². The van der Waals surface area contributed by atoms with E-state index < -0.39 is 4.92 Å². The number of carbonyl (C=O) groups is 2. The number of benzene rings is 5. The summed E-state index contributed by atoms with van der Waals surface area (Å²) in [7, 11) is 2.96. The van der Waals surface area contributed by atoms with Crippen LogP contribution in [-0.2, 0) is 26.1 Å². The highest BCUT2D eigenvalue weighted by Gasteiger charge is 2.38. The van der Waals surface area contributed by atoms with E-state index in [1.807, 2.05) is 53.4 Å². The van der Waals surface area contributed by atoms with Crippen LogP contribution in [0.15, 0.2) is 96.0 Å². The third-order valence-corrected chi connectivity index (χ3v) is 10.2. The number of nitrogens with zero attached hydrogens (tertiary/aromatic N) is 4.